The van der Waals surface area contributed by atoms with Crippen molar-refractivity contribution >= 4 is 34.6 Å². The average Bonchev–Trinajstić information content (AvgIpc) is 3.02. The number of carbonyl (C=O) groups excluding carboxylic acids is 1. The highest BCUT2D eigenvalue weighted by atomic mass is 32.2. The molecule has 0 N–H and O–H groups in total. The standard InChI is InChI=1S/C36H41NO5SSi/c1-28-20-22-30(23-21-28)43(39,40)37-33(34(24-25-35(37)38)41-26-29-14-8-5-9-15-29)27-42-44(36(2,3)4,31-16-10-6-11-17-31)32-18-12-7-13-19-32/h5-23,33-34H,24-27H2,1-4H3/t33-,34-/m0/s1. The Labute approximate surface area is 262 Å². The summed E-state index contributed by atoms with van der Waals surface area (Å²) in [4.78, 5) is 13.7. The lowest BCUT2D eigenvalue weighted by Crippen LogP contribution is -2.68. The number of rotatable bonds is 10. The zero-order valence-corrected chi connectivity index (χ0v) is 27.7. The molecule has 230 valence electrons. The quantitative estimate of drug-likeness (QED) is 0.207. The van der Waals surface area contributed by atoms with Gasteiger partial charge < -0.3 is 9.16 Å². The van der Waals surface area contributed by atoms with Gasteiger partial charge in [-0.05, 0) is 46.5 Å². The van der Waals surface area contributed by atoms with E-state index in [1.807, 2.05) is 73.7 Å². The molecule has 8 heteroatoms. The Morgan fingerprint density at radius 3 is 1.84 bits per heavy atom. The zero-order valence-electron chi connectivity index (χ0n) is 25.8. The van der Waals surface area contributed by atoms with Gasteiger partial charge in [-0.25, -0.2) is 12.7 Å². The Balaban J connectivity index is 1.59. The van der Waals surface area contributed by atoms with Gasteiger partial charge in [0.2, 0.25) is 5.91 Å². The van der Waals surface area contributed by atoms with Crippen LogP contribution in [0.25, 0.3) is 0 Å². The predicted octanol–water partition coefficient (Wildman–Crippen LogP) is 5.84. The minimum Gasteiger partial charge on any atom is -0.405 e. The van der Waals surface area contributed by atoms with Crippen LogP contribution in [0.1, 0.15) is 44.7 Å². The highest BCUT2D eigenvalue weighted by Crippen LogP contribution is 2.38. The number of carbonyl (C=O) groups is 1. The van der Waals surface area contributed by atoms with Crippen molar-refractivity contribution in [3.05, 3.63) is 126 Å². The Morgan fingerprint density at radius 1 is 0.795 bits per heavy atom. The lowest BCUT2D eigenvalue weighted by atomic mass is 10.0. The largest absolute Gasteiger partial charge is 0.405 e. The van der Waals surface area contributed by atoms with Crippen LogP contribution in [0.3, 0.4) is 0 Å². The van der Waals surface area contributed by atoms with E-state index >= 15 is 0 Å². The molecule has 1 amide bonds. The van der Waals surface area contributed by atoms with Gasteiger partial charge in [0.1, 0.15) is 0 Å². The zero-order chi connectivity index (χ0) is 31.4. The molecule has 1 heterocycles. The van der Waals surface area contributed by atoms with Crippen LogP contribution in [0.15, 0.2) is 120 Å². The molecule has 1 saturated heterocycles. The normalized spacial score (nSPS) is 17.9. The smallest absolute Gasteiger partial charge is 0.266 e. The van der Waals surface area contributed by atoms with Crippen molar-refractivity contribution in [1.29, 1.82) is 0 Å². The molecule has 0 radical (unpaired) electrons. The maximum absolute atomic E-state index is 14.2. The van der Waals surface area contributed by atoms with E-state index in [-0.39, 0.29) is 23.0 Å². The third-order valence-electron chi connectivity index (χ3n) is 8.39. The third kappa shape index (κ3) is 6.44. The molecule has 4 aromatic carbocycles. The van der Waals surface area contributed by atoms with Gasteiger partial charge in [0.05, 0.1) is 30.3 Å². The van der Waals surface area contributed by atoms with E-state index < -0.39 is 36.4 Å². The first-order valence-electron chi connectivity index (χ1n) is 15.1. The summed E-state index contributed by atoms with van der Waals surface area (Å²) in [5.74, 6) is -0.443. The molecular formula is C36H41NO5SSi. The number of nitrogens with zero attached hydrogens (tertiary/aromatic N) is 1. The van der Waals surface area contributed by atoms with E-state index in [2.05, 4.69) is 45.0 Å². The number of sulfonamides is 1. The molecule has 0 saturated carbocycles. The summed E-state index contributed by atoms with van der Waals surface area (Å²) in [7, 11) is -7.22. The van der Waals surface area contributed by atoms with E-state index in [0.717, 1.165) is 25.8 Å². The van der Waals surface area contributed by atoms with Gasteiger partial charge in [-0.1, -0.05) is 129 Å². The maximum atomic E-state index is 14.2. The van der Waals surface area contributed by atoms with Crippen LogP contribution < -0.4 is 10.4 Å². The number of amides is 1. The molecule has 0 unspecified atom stereocenters. The van der Waals surface area contributed by atoms with Gasteiger partial charge in [-0.3, -0.25) is 4.79 Å². The summed E-state index contributed by atoms with van der Waals surface area (Å²) in [6, 6.07) is 36.0. The van der Waals surface area contributed by atoms with Crippen LogP contribution in [-0.2, 0) is 30.6 Å². The second kappa shape index (κ2) is 13.2. The number of aryl methyl sites for hydroxylation is 1. The second-order valence-electron chi connectivity index (χ2n) is 12.4. The van der Waals surface area contributed by atoms with Crippen molar-refractivity contribution < 1.29 is 22.4 Å². The Morgan fingerprint density at radius 2 is 1.32 bits per heavy atom. The van der Waals surface area contributed by atoms with Gasteiger partial charge in [-0.15, -0.1) is 0 Å². The first-order valence-corrected chi connectivity index (χ1v) is 18.4. The van der Waals surface area contributed by atoms with Crippen molar-refractivity contribution in [3.63, 3.8) is 0 Å². The first-order chi connectivity index (χ1) is 21.0. The van der Waals surface area contributed by atoms with Crippen molar-refractivity contribution in [1.82, 2.24) is 4.31 Å². The highest BCUT2D eigenvalue weighted by Gasteiger charge is 2.52. The maximum Gasteiger partial charge on any atom is 0.266 e. The topological polar surface area (TPSA) is 72.9 Å². The van der Waals surface area contributed by atoms with Crippen molar-refractivity contribution in [2.75, 3.05) is 6.61 Å². The molecule has 44 heavy (non-hydrogen) atoms. The number of hydrogen-bond donors (Lipinski definition) is 0. The number of piperidine rings is 1. The monoisotopic (exact) mass is 627 g/mol. The van der Waals surface area contributed by atoms with Gasteiger partial charge in [0.25, 0.3) is 18.3 Å². The van der Waals surface area contributed by atoms with Crippen molar-refractivity contribution in [2.24, 2.45) is 0 Å². The van der Waals surface area contributed by atoms with E-state index in [4.69, 9.17) is 9.16 Å². The summed E-state index contributed by atoms with van der Waals surface area (Å²) < 4.78 is 43.1. The minimum absolute atomic E-state index is 0.00354. The van der Waals surface area contributed by atoms with Crippen LogP contribution in [0, 0.1) is 6.92 Å². The van der Waals surface area contributed by atoms with Crippen LogP contribution in [0.2, 0.25) is 5.04 Å². The second-order valence-corrected chi connectivity index (χ2v) is 18.5. The number of ether oxygens (including phenoxy) is 1. The SMILES string of the molecule is Cc1ccc(S(=O)(=O)N2C(=O)CC[C@H](OCc3ccccc3)[C@@H]2CO[Si](c2ccccc2)(c2ccccc2)C(C)(C)C)cc1. The molecule has 6 nitrogen and oxygen atoms in total. The third-order valence-corrected chi connectivity index (χ3v) is 15.3. The molecule has 4 aromatic rings. The van der Waals surface area contributed by atoms with Gasteiger partial charge >= 0.3 is 0 Å². The molecule has 5 rings (SSSR count). The summed E-state index contributed by atoms with van der Waals surface area (Å²) in [6.07, 6.45) is -0.0768. The molecule has 2 atom stereocenters. The van der Waals surface area contributed by atoms with Gasteiger partial charge in [0.15, 0.2) is 0 Å². The van der Waals surface area contributed by atoms with E-state index in [1.165, 1.54) is 0 Å². The van der Waals surface area contributed by atoms with E-state index in [1.54, 1.807) is 24.3 Å². The van der Waals surface area contributed by atoms with E-state index in [9.17, 15) is 13.2 Å². The Bertz CT molecular complexity index is 1600. The summed E-state index contributed by atoms with van der Waals surface area (Å²) in [6.45, 7) is 8.73. The van der Waals surface area contributed by atoms with Crippen LogP contribution in [-0.4, -0.2) is 45.7 Å². The molecule has 0 aromatic heterocycles. The number of benzene rings is 4. The van der Waals surface area contributed by atoms with Gasteiger partial charge in [-0.2, -0.15) is 0 Å². The summed E-state index contributed by atoms with van der Waals surface area (Å²) in [5.41, 5.74) is 1.91. The fourth-order valence-corrected chi connectivity index (χ4v) is 12.4. The molecular weight excluding hydrogens is 587 g/mol. The average molecular weight is 628 g/mol. The molecule has 1 aliphatic heterocycles. The van der Waals surface area contributed by atoms with Crippen LogP contribution in [0.5, 0.6) is 0 Å². The lowest BCUT2D eigenvalue weighted by molar-refractivity contribution is -0.138. The molecule has 1 fully saturated rings. The van der Waals surface area contributed by atoms with Crippen LogP contribution >= 0.6 is 0 Å². The van der Waals surface area contributed by atoms with Gasteiger partial charge in [0, 0.05) is 6.42 Å². The summed E-state index contributed by atoms with van der Waals surface area (Å²) in [5, 5.41) is 1.83. The fraction of sp³-hybridized carbons (Fsp3) is 0.306. The predicted molar refractivity (Wildman–Crippen MR) is 177 cm³/mol. The Hall–Kier alpha value is -3.56. The molecule has 1 aliphatic rings. The summed E-state index contributed by atoms with van der Waals surface area (Å²) >= 11 is 0. The van der Waals surface area contributed by atoms with Crippen LogP contribution in [0.4, 0.5) is 0 Å². The van der Waals surface area contributed by atoms with Crippen molar-refractivity contribution in [2.45, 2.75) is 69.2 Å². The molecule has 0 spiro atoms. The highest BCUT2D eigenvalue weighted by molar-refractivity contribution is 7.89. The Kier molecular flexibility index (Phi) is 9.55. The molecule has 0 bridgehead atoms. The fourth-order valence-electron chi connectivity index (χ4n) is 6.16. The van der Waals surface area contributed by atoms with Crippen molar-refractivity contribution in [3.8, 4) is 0 Å². The van der Waals surface area contributed by atoms with E-state index in [0.29, 0.717) is 13.0 Å². The lowest BCUT2D eigenvalue weighted by Gasteiger charge is -2.46. The molecule has 0 aliphatic carbocycles. The minimum atomic E-state index is -4.19. The first kappa shape index (κ1) is 31.8. The number of hydrogen-bond acceptors (Lipinski definition) is 5.